The number of hydrogen-bond acceptors (Lipinski definition) is 3. The van der Waals surface area contributed by atoms with Crippen molar-refractivity contribution in [3.8, 4) is 0 Å². The van der Waals surface area contributed by atoms with Gasteiger partial charge in [-0.1, -0.05) is 19.8 Å². The van der Waals surface area contributed by atoms with Gasteiger partial charge in [0.15, 0.2) is 0 Å². The van der Waals surface area contributed by atoms with Gasteiger partial charge in [0.1, 0.15) is 0 Å². The number of rotatable bonds is 2. The monoisotopic (exact) mass is 254 g/mol. The van der Waals surface area contributed by atoms with Crippen LogP contribution in [0.25, 0.3) is 0 Å². The Morgan fingerprint density at radius 1 is 1.33 bits per heavy atom. The summed E-state index contributed by atoms with van der Waals surface area (Å²) in [6.45, 7) is 4.96. The zero-order valence-corrected chi connectivity index (χ0v) is 11.4. The molecule has 104 valence electrons. The van der Waals surface area contributed by atoms with E-state index in [1.807, 2.05) is 4.90 Å². The third kappa shape index (κ3) is 3.23. The molecule has 2 aliphatic rings. The Kier molecular flexibility index (Phi) is 5.01. The Morgan fingerprint density at radius 2 is 2.17 bits per heavy atom. The molecule has 1 amide bonds. The Hall–Kier alpha value is -0.610. The summed E-state index contributed by atoms with van der Waals surface area (Å²) in [6.07, 6.45) is 5.34. The summed E-state index contributed by atoms with van der Waals surface area (Å²) in [5.41, 5.74) is 0. The summed E-state index contributed by atoms with van der Waals surface area (Å²) in [7, 11) is 0. The molecule has 0 aromatic carbocycles. The van der Waals surface area contributed by atoms with Crippen LogP contribution in [0.1, 0.15) is 39.0 Å². The van der Waals surface area contributed by atoms with Gasteiger partial charge in [0.05, 0.1) is 18.6 Å². The number of aliphatic hydroxyl groups excluding tert-OH is 1. The molecule has 18 heavy (non-hydrogen) atoms. The summed E-state index contributed by atoms with van der Waals surface area (Å²) in [6, 6.07) is 0.0530. The molecule has 0 radical (unpaired) electrons. The molecule has 0 spiro atoms. The molecule has 0 bridgehead atoms. The molecule has 4 heteroatoms. The first-order valence-electron chi connectivity index (χ1n) is 7.34. The second kappa shape index (κ2) is 6.53. The third-order valence-corrected chi connectivity index (χ3v) is 4.29. The van der Waals surface area contributed by atoms with Crippen LogP contribution in [0.2, 0.25) is 0 Å². The van der Waals surface area contributed by atoms with Gasteiger partial charge in [-0.2, -0.15) is 0 Å². The lowest BCUT2D eigenvalue weighted by atomic mass is 9.90. The van der Waals surface area contributed by atoms with Crippen LogP contribution in [0.15, 0.2) is 0 Å². The number of nitrogens with one attached hydrogen (secondary N) is 1. The van der Waals surface area contributed by atoms with Crippen LogP contribution >= 0.6 is 0 Å². The molecule has 0 saturated carbocycles. The number of aliphatic hydroxyl groups is 1. The Bertz CT molecular complexity index is 283. The maximum Gasteiger partial charge on any atom is 0.227 e. The largest absolute Gasteiger partial charge is 0.394 e. The quantitative estimate of drug-likeness (QED) is 0.773. The first-order valence-corrected chi connectivity index (χ1v) is 7.34. The van der Waals surface area contributed by atoms with E-state index in [-0.39, 0.29) is 24.5 Å². The highest BCUT2D eigenvalue weighted by molar-refractivity contribution is 5.79. The highest BCUT2D eigenvalue weighted by Gasteiger charge is 2.32. The van der Waals surface area contributed by atoms with Crippen LogP contribution in [-0.4, -0.2) is 48.2 Å². The van der Waals surface area contributed by atoms with Crippen molar-refractivity contribution < 1.29 is 9.90 Å². The maximum absolute atomic E-state index is 12.6. The van der Waals surface area contributed by atoms with E-state index in [4.69, 9.17) is 0 Å². The molecule has 2 aliphatic heterocycles. The zero-order chi connectivity index (χ0) is 13.0. The number of hydrogen-bond donors (Lipinski definition) is 2. The van der Waals surface area contributed by atoms with Crippen LogP contribution in [0, 0.1) is 11.8 Å². The fourth-order valence-corrected chi connectivity index (χ4v) is 3.24. The van der Waals surface area contributed by atoms with Gasteiger partial charge in [-0.05, 0) is 31.7 Å². The number of carbonyl (C=O) groups is 1. The van der Waals surface area contributed by atoms with E-state index in [0.29, 0.717) is 5.92 Å². The second-order valence-electron chi connectivity index (χ2n) is 5.91. The first-order chi connectivity index (χ1) is 8.72. The van der Waals surface area contributed by atoms with Crippen LogP contribution in [-0.2, 0) is 4.79 Å². The minimum Gasteiger partial charge on any atom is -0.394 e. The molecule has 2 heterocycles. The fourth-order valence-electron chi connectivity index (χ4n) is 3.24. The third-order valence-electron chi connectivity index (χ3n) is 4.29. The van der Waals surface area contributed by atoms with Gasteiger partial charge in [0.2, 0.25) is 5.91 Å². The van der Waals surface area contributed by atoms with Crippen molar-refractivity contribution in [1.82, 2.24) is 10.2 Å². The summed E-state index contributed by atoms with van der Waals surface area (Å²) in [5, 5.41) is 12.8. The molecule has 3 unspecified atom stereocenters. The number of amides is 1. The Morgan fingerprint density at radius 3 is 2.89 bits per heavy atom. The topological polar surface area (TPSA) is 52.6 Å². The van der Waals surface area contributed by atoms with E-state index in [2.05, 4.69) is 12.2 Å². The molecule has 0 aromatic rings. The Labute approximate surface area is 110 Å². The van der Waals surface area contributed by atoms with Crippen molar-refractivity contribution in [2.45, 2.75) is 45.1 Å². The number of carbonyl (C=O) groups excluding carboxylic acids is 1. The van der Waals surface area contributed by atoms with Crippen molar-refractivity contribution in [3.63, 3.8) is 0 Å². The van der Waals surface area contributed by atoms with Gasteiger partial charge in [-0.25, -0.2) is 0 Å². The summed E-state index contributed by atoms with van der Waals surface area (Å²) in [5.74, 6) is 0.947. The van der Waals surface area contributed by atoms with Crippen molar-refractivity contribution in [1.29, 1.82) is 0 Å². The van der Waals surface area contributed by atoms with Crippen molar-refractivity contribution in [2.75, 3.05) is 26.2 Å². The van der Waals surface area contributed by atoms with Gasteiger partial charge < -0.3 is 15.3 Å². The van der Waals surface area contributed by atoms with Gasteiger partial charge >= 0.3 is 0 Å². The SMILES string of the molecule is CC1CNCC(C(=O)N2CCCCCC2CO)C1. The van der Waals surface area contributed by atoms with E-state index in [1.54, 1.807) is 0 Å². The molecule has 3 atom stereocenters. The van der Waals surface area contributed by atoms with Gasteiger partial charge in [-0.3, -0.25) is 4.79 Å². The smallest absolute Gasteiger partial charge is 0.227 e. The van der Waals surface area contributed by atoms with Gasteiger partial charge in [0.25, 0.3) is 0 Å². The molecule has 2 saturated heterocycles. The summed E-state index contributed by atoms with van der Waals surface area (Å²) >= 11 is 0. The first kappa shape index (κ1) is 13.8. The predicted octanol–water partition coefficient (Wildman–Crippen LogP) is 0.995. The summed E-state index contributed by atoms with van der Waals surface area (Å²) < 4.78 is 0. The number of nitrogens with zero attached hydrogens (tertiary/aromatic N) is 1. The lowest BCUT2D eigenvalue weighted by Crippen LogP contribution is -2.49. The zero-order valence-electron chi connectivity index (χ0n) is 11.4. The highest BCUT2D eigenvalue weighted by atomic mass is 16.3. The van der Waals surface area contributed by atoms with E-state index in [9.17, 15) is 9.90 Å². The van der Waals surface area contributed by atoms with E-state index in [0.717, 1.165) is 45.3 Å². The van der Waals surface area contributed by atoms with Crippen molar-refractivity contribution in [2.24, 2.45) is 11.8 Å². The average Bonchev–Trinajstić information content (AvgIpc) is 2.62. The van der Waals surface area contributed by atoms with Crippen LogP contribution in [0.3, 0.4) is 0 Å². The average molecular weight is 254 g/mol. The molecular formula is C14H26N2O2. The molecule has 2 N–H and O–H groups in total. The molecule has 0 aromatic heterocycles. The molecule has 2 fully saturated rings. The van der Waals surface area contributed by atoms with Gasteiger partial charge in [0, 0.05) is 13.1 Å². The maximum atomic E-state index is 12.6. The summed E-state index contributed by atoms with van der Waals surface area (Å²) in [4.78, 5) is 14.6. The van der Waals surface area contributed by atoms with Crippen LogP contribution in [0.5, 0.6) is 0 Å². The van der Waals surface area contributed by atoms with Gasteiger partial charge in [-0.15, -0.1) is 0 Å². The van der Waals surface area contributed by atoms with E-state index < -0.39 is 0 Å². The number of likely N-dealkylation sites (tertiary alicyclic amines) is 1. The minimum absolute atomic E-state index is 0.0530. The lowest BCUT2D eigenvalue weighted by molar-refractivity contribution is -0.139. The Balaban J connectivity index is 2.00. The standard InChI is InChI=1S/C14H26N2O2/c1-11-7-12(9-15-8-11)14(18)16-6-4-2-3-5-13(16)10-17/h11-13,15,17H,2-10H2,1H3. The normalized spacial score (nSPS) is 34.1. The molecule has 4 nitrogen and oxygen atoms in total. The lowest BCUT2D eigenvalue weighted by Gasteiger charge is -2.35. The fraction of sp³-hybridized carbons (Fsp3) is 0.929. The van der Waals surface area contributed by atoms with Crippen LogP contribution in [0.4, 0.5) is 0 Å². The predicted molar refractivity (Wildman–Crippen MR) is 71.2 cm³/mol. The van der Waals surface area contributed by atoms with Crippen molar-refractivity contribution >= 4 is 5.91 Å². The van der Waals surface area contributed by atoms with E-state index in [1.165, 1.54) is 6.42 Å². The molecule has 0 aliphatic carbocycles. The molecular weight excluding hydrogens is 228 g/mol. The van der Waals surface area contributed by atoms with Crippen molar-refractivity contribution in [3.05, 3.63) is 0 Å². The van der Waals surface area contributed by atoms with E-state index >= 15 is 0 Å². The highest BCUT2D eigenvalue weighted by Crippen LogP contribution is 2.23. The molecule has 2 rings (SSSR count). The number of piperidine rings is 1. The minimum atomic E-state index is 0.0530. The van der Waals surface area contributed by atoms with Crippen LogP contribution < -0.4 is 5.32 Å². The second-order valence-corrected chi connectivity index (χ2v) is 5.91.